The number of aryl methyl sites for hydroxylation is 1. The largest absolute Gasteiger partial charge is 0.353 e. The maximum Gasteiger partial charge on any atom is 0.251 e. The predicted octanol–water partition coefficient (Wildman–Crippen LogP) is 2.92. The molecule has 2 aromatic carbocycles. The molecule has 27 heavy (non-hydrogen) atoms. The van der Waals surface area contributed by atoms with Crippen molar-refractivity contribution in [1.82, 2.24) is 15.5 Å². The van der Waals surface area contributed by atoms with Crippen LogP contribution < -0.4 is 10.6 Å². The van der Waals surface area contributed by atoms with Crippen molar-refractivity contribution in [3.8, 4) is 0 Å². The highest BCUT2D eigenvalue weighted by atomic mass is 16.2. The lowest BCUT2D eigenvalue weighted by Gasteiger charge is -2.30. The standard InChI is InChI=1S/C22H29N3O2/c1-4-25(5-2)20(18-9-7-6-8-10-18)15-23-21(26)16-24-22(27)19-13-11-17(3)12-14-19/h6-14,20H,4-5,15-16H2,1-3H3,(H,23,26)(H,24,27). The number of rotatable bonds is 9. The van der Waals surface area contributed by atoms with Crippen molar-refractivity contribution >= 4 is 11.8 Å². The van der Waals surface area contributed by atoms with Gasteiger partial charge >= 0.3 is 0 Å². The molecule has 2 N–H and O–H groups in total. The van der Waals surface area contributed by atoms with E-state index < -0.39 is 0 Å². The van der Waals surface area contributed by atoms with Crippen LogP contribution in [0.1, 0.15) is 41.4 Å². The van der Waals surface area contributed by atoms with Crippen LogP contribution in [-0.2, 0) is 4.79 Å². The quantitative estimate of drug-likeness (QED) is 0.716. The maximum absolute atomic E-state index is 12.2. The Bertz CT molecular complexity index is 725. The van der Waals surface area contributed by atoms with Crippen LogP contribution in [0.25, 0.3) is 0 Å². The molecule has 2 rings (SSSR count). The van der Waals surface area contributed by atoms with Gasteiger partial charge in [0.15, 0.2) is 0 Å². The van der Waals surface area contributed by atoms with Gasteiger partial charge in [-0.2, -0.15) is 0 Å². The molecule has 0 heterocycles. The zero-order valence-electron chi connectivity index (χ0n) is 16.4. The molecule has 0 fully saturated rings. The third kappa shape index (κ3) is 6.22. The first kappa shape index (κ1) is 20.6. The van der Waals surface area contributed by atoms with Crippen LogP contribution in [0, 0.1) is 6.92 Å². The van der Waals surface area contributed by atoms with Crippen LogP contribution in [0.3, 0.4) is 0 Å². The van der Waals surface area contributed by atoms with Crippen molar-refractivity contribution in [3.63, 3.8) is 0 Å². The van der Waals surface area contributed by atoms with Crippen LogP contribution in [-0.4, -0.2) is 42.9 Å². The summed E-state index contributed by atoms with van der Waals surface area (Å²) < 4.78 is 0. The number of hydrogen-bond acceptors (Lipinski definition) is 3. The summed E-state index contributed by atoms with van der Waals surface area (Å²) in [5, 5.41) is 5.63. The van der Waals surface area contributed by atoms with E-state index in [0.717, 1.165) is 18.7 Å². The van der Waals surface area contributed by atoms with Crippen molar-refractivity contribution in [3.05, 3.63) is 71.3 Å². The van der Waals surface area contributed by atoms with E-state index in [9.17, 15) is 9.59 Å². The minimum atomic E-state index is -0.242. The molecule has 0 radical (unpaired) electrons. The molecule has 0 saturated heterocycles. The van der Waals surface area contributed by atoms with Crippen molar-refractivity contribution in [2.75, 3.05) is 26.2 Å². The molecule has 144 valence electrons. The Morgan fingerprint density at radius 3 is 2.15 bits per heavy atom. The summed E-state index contributed by atoms with van der Waals surface area (Å²) in [5.74, 6) is -0.433. The average molecular weight is 367 g/mol. The molecule has 0 aliphatic rings. The second-order valence-electron chi connectivity index (χ2n) is 6.50. The van der Waals surface area contributed by atoms with E-state index in [0.29, 0.717) is 12.1 Å². The zero-order valence-corrected chi connectivity index (χ0v) is 16.4. The summed E-state index contributed by atoms with van der Waals surface area (Å²) in [6.07, 6.45) is 0. The van der Waals surface area contributed by atoms with Gasteiger partial charge in [-0.25, -0.2) is 0 Å². The van der Waals surface area contributed by atoms with Gasteiger partial charge in [-0.3, -0.25) is 14.5 Å². The lowest BCUT2D eigenvalue weighted by molar-refractivity contribution is -0.120. The molecule has 0 bridgehead atoms. The monoisotopic (exact) mass is 367 g/mol. The first-order chi connectivity index (χ1) is 13.0. The van der Waals surface area contributed by atoms with Crippen LogP contribution >= 0.6 is 0 Å². The number of carbonyl (C=O) groups is 2. The highest BCUT2D eigenvalue weighted by Gasteiger charge is 2.18. The second kappa shape index (κ2) is 10.5. The van der Waals surface area contributed by atoms with Crippen molar-refractivity contribution in [1.29, 1.82) is 0 Å². The van der Waals surface area contributed by atoms with E-state index in [4.69, 9.17) is 0 Å². The van der Waals surface area contributed by atoms with Gasteiger partial charge in [0.1, 0.15) is 0 Å². The molecule has 2 aromatic rings. The third-order valence-electron chi connectivity index (χ3n) is 4.65. The minimum absolute atomic E-state index is 0.0352. The van der Waals surface area contributed by atoms with E-state index in [-0.39, 0.29) is 24.4 Å². The van der Waals surface area contributed by atoms with Gasteiger partial charge in [0, 0.05) is 12.1 Å². The summed E-state index contributed by atoms with van der Waals surface area (Å²) in [7, 11) is 0. The molecule has 0 aliphatic heterocycles. The Balaban J connectivity index is 1.89. The van der Waals surface area contributed by atoms with Crippen molar-refractivity contribution in [2.24, 2.45) is 0 Å². The zero-order chi connectivity index (χ0) is 19.6. The smallest absolute Gasteiger partial charge is 0.251 e. The SMILES string of the molecule is CCN(CC)C(CNC(=O)CNC(=O)c1ccc(C)cc1)c1ccccc1. The fourth-order valence-corrected chi connectivity index (χ4v) is 3.04. The lowest BCUT2D eigenvalue weighted by Crippen LogP contribution is -2.42. The van der Waals surface area contributed by atoms with Gasteiger partial charge in [0.2, 0.25) is 5.91 Å². The molecular formula is C22H29N3O2. The van der Waals surface area contributed by atoms with Gasteiger partial charge in [0.25, 0.3) is 5.91 Å². The normalized spacial score (nSPS) is 11.9. The summed E-state index contributed by atoms with van der Waals surface area (Å²) >= 11 is 0. The highest BCUT2D eigenvalue weighted by Crippen LogP contribution is 2.19. The van der Waals surface area contributed by atoms with E-state index in [2.05, 4.69) is 41.5 Å². The Labute approximate surface area is 161 Å². The molecule has 0 spiro atoms. The van der Waals surface area contributed by atoms with Gasteiger partial charge in [0.05, 0.1) is 12.6 Å². The summed E-state index contributed by atoms with van der Waals surface area (Å²) in [6.45, 7) is 8.46. The number of hydrogen-bond donors (Lipinski definition) is 2. The third-order valence-corrected chi connectivity index (χ3v) is 4.65. The Morgan fingerprint density at radius 2 is 1.56 bits per heavy atom. The van der Waals surface area contributed by atoms with E-state index in [1.807, 2.05) is 37.3 Å². The van der Waals surface area contributed by atoms with E-state index in [1.165, 1.54) is 5.56 Å². The van der Waals surface area contributed by atoms with E-state index in [1.54, 1.807) is 12.1 Å². The molecule has 0 saturated carbocycles. The number of likely N-dealkylation sites (N-methyl/N-ethyl adjacent to an activating group) is 1. The Morgan fingerprint density at radius 1 is 0.926 bits per heavy atom. The molecule has 0 aromatic heterocycles. The molecule has 2 amide bonds. The predicted molar refractivity (Wildman–Crippen MR) is 109 cm³/mol. The van der Waals surface area contributed by atoms with Gasteiger partial charge in [-0.15, -0.1) is 0 Å². The fourth-order valence-electron chi connectivity index (χ4n) is 3.04. The maximum atomic E-state index is 12.2. The Hall–Kier alpha value is -2.66. The van der Waals surface area contributed by atoms with Gasteiger partial charge < -0.3 is 10.6 Å². The average Bonchev–Trinajstić information content (AvgIpc) is 2.70. The number of carbonyl (C=O) groups excluding carboxylic acids is 2. The number of nitrogens with one attached hydrogen (secondary N) is 2. The van der Waals surface area contributed by atoms with Gasteiger partial charge in [-0.1, -0.05) is 61.9 Å². The van der Waals surface area contributed by atoms with Crippen LogP contribution in [0.4, 0.5) is 0 Å². The minimum Gasteiger partial charge on any atom is -0.353 e. The highest BCUT2D eigenvalue weighted by molar-refractivity contribution is 5.96. The molecule has 0 aliphatic carbocycles. The first-order valence-corrected chi connectivity index (χ1v) is 9.45. The summed E-state index contributed by atoms with van der Waals surface area (Å²) in [4.78, 5) is 26.7. The molecule has 1 atom stereocenters. The van der Waals surface area contributed by atoms with Crippen LogP contribution in [0.2, 0.25) is 0 Å². The number of benzene rings is 2. The van der Waals surface area contributed by atoms with E-state index >= 15 is 0 Å². The molecular weight excluding hydrogens is 338 g/mol. The number of nitrogens with zero attached hydrogens (tertiary/aromatic N) is 1. The first-order valence-electron chi connectivity index (χ1n) is 9.45. The van der Waals surface area contributed by atoms with Gasteiger partial charge in [-0.05, 0) is 37.7 Å². The van der Waals surface area contributed by atoms with Crippen LogP contribution in [0.15, 0.2) is 54.6 Å². The fraction of sp³-hybridized carbons (Fsp3) is 0.364. The number of amides is 2. The van der Waals surface area contributed by atoms with Crippen molar-refractivity contribution in [2.45, 2.75) is 26.8 Å². The van der Waals surface area contributed by atoms with Crippen LogP contribution in [0.5, 0.6) is 0 Å². The van der Waals surface area contributed by atoms with Crippen molar-refractivity contribution < 1.29 is 9.59 Å². The molecule has 1 unspecified atom stereocenters. The summed E-state index contributed by atoms with van der Waals surface area (Å²) in [5.41, 5.74) is 2.82. The second-order valence-corrected chi connectivity index (χ2v) is 6.50. The molecule has 5 heteroatoms. The summed E-state index contributed by atoms with van der Waals surface area (Å²) in [6, 6.07) is 17.5. The topological polar surface area (TPSA) is 61.4 Å². The lowest BCUT2D eigenvalue weighted by atomic mass is 10.1. The molecule has 5 nitrogen and oxygen atoms in total. The Kier molecular flexibility index (Phi) is 8.01.